The van der Waals surface area contributed by atoms with Crippen LogP contribution in [0, 0.1) is 5.92 Å². The van der Waals surface area contributed by atoms with Crippen molar-refractivity contribution in [1.82, 2.24) is 0 Å². The molecule has 0 saturated heterocycles. The summed E-state index contributed by atoms with van der Waals surface area (Å²) in [5, 5.41) is 0. The van der Waals surface area contributed by atoms with Gasteiger partial charge < -0.3 is 4.74 Å². The van der Waals surface area contributed by atoms with Crippen molar-refractivity contribution in [1.29, 1.82) is 0 Å². The fourth-order valence-electron chi connectivity index (χ4n) is 2.52. The van der Waals surface area contributed by atoms with Gasteiger partial charge in [0.05, 0.1) is 6.61 Å². The van der Waals surface area contributed by atoms with E-state index in [1.807, 2.05) is 42.5 Å². The van der Waals surface area contributed by atoms with Gasteiger partial charge >= 0.3 is 0 Å². The van der Waals surface area contributed by atoms with Gasteiger partial charge in [-0.25, -0.2) is 0 Å². The van der Waals surface area contributed by atoms with Gasteiger partial charge in [-0.2, -0.15) is 0 Å². The maximum absolute atomic E-state index is 11.9. The average Bonchev–Trinajstić information content (AvgIpc) is 2.49. The molecule has 0 atom stereocenters. The zero-order chi connectivity index (χ0) is 13.3. The number of hydrogen-bond acceptors (Lipinski definition) is 2. The molecule has 0 heterocycles. The minimum Gasteiger partial charge on any atom is -0.370 e. The number of ketones is 1. The number of ether oxygens (including phenoxy) is 1. The number of benzene rings is 1. The highest BCUT2D eigenvalue weighted by molar-refractivity contribution is 5.82. The molecule has 19 heavy (non-hydrogen) atoms. The molecule has 2 nitrogen and oxygen atoms in total. The summed E-state index contributed by atoms with van der Waals surface area (Å²) in [6.07, 6.45) is 9.78. The van der Waals surface area contributed by atoms with Crippen molar-refractivity contribution in [2.45, 2.75) is 32.1 Å². The zero-order valence-corrected chi connectivity index (χ0v) is 11.4. The van der Waals surface area contributed by atoms with Crippen molar-refractivity contribution in [3.05, 3.63) is 42.0 Å². The molecule has 0 N–H and O–H groups in total. The number of Topliss-reactive ketones (excluding diaryl/α,β-unsaturated/α-hetero) is 1. The standard InChI is InChI=1S/C17H22O2/c18-17(16-11-5-2-6-12-16)14-19-13-7-10-15-8-3-1-4-9-15/h1,3-4,7-10,16H,2,5-6,11-14H2/b10-7+. The predicted octanol–water partition coefficient (Wildman–Crippen LogP) is 3.87. The molecular formula is C17H22O2. The number of carbonyl (C=O) groups is 1. The van der Waals surface area contributed by atoms with E-state index in [9.17, 15) is 4.79 Å². The van der Waals surface area contributed by atoms with E-state index in [0.717, 1.165) is 18.4 Å². The molecule has 102 valence electrons. The SMILES string of the molecule is O=C(COC/C=C/c1ccccc1)C1CCCCC1. The fraction of sp³-hybridized carbons (Fsp3) is 0.471. The monoisotopic (exact) mass is 258 g/mol. The quantitative estimate of drug-likeness (QED) is 0.724. The summed E-state index contributed by atoms with van der Waals surface area (Å²) in [4.78, 5) is 11.9. The maximum atomic E-state index is 11.9. The van der Waals surface area contributed by atoms with E-state index in [2.05, 4.69) is 0 Å². The molecule has 2 rings (SSSR count). The van der Waals surface area contributed by atoms with E-state index in [1.54, 1.807) is 0 Å². The van der Waals surface area contributed by atoms with Gasteiger partial charge in [0.15, 0.2) is 5.78 Å². The Morgan fingerprint density at radius 2 is 1.89 bits per heavy atom. The van der Waals surface area contributed by atoms with Crippen LogP contribution in [0.1, 0.15) is 37.7 Å². The van der Waals surface area contributed by atoms with E-state index < -0.39 is 0 Å². The van der Waals surface area contributed by atoms with Crippen LogP contribution in [0.15, 0.2) is 36.4 Å². The van der Waals surface area contributed by atoms with Crippen molar-refractivity contribution >= 4 is 11.9 Å². The van der Waals surface area contributed by atoms with Gasteiger partial charge in [0.2, 0.25) is 0 Å². The zero-order valence-electron chi connectivity index (χ0n) is 11.4. The van der Waals surface area contributed by atoms with Crippen LogP contribution >= 0.6 is 0 Å². The Labute approximate surface area is 115 Å². The van der Waals surface area contributed by atoms with Gasteiger partial charge in [-0.3, -0.25) is 4.79 Å². The first-order valence-corrected chi connectivity index (χ1v) is 7.18. The molecule has 0 unspecified atom stereocenters. The minimum atomic E-state index is 0.256. The summed E-state index contributed by atoms with van der Waals surface area (Å²) in [6.45, 7) is 0.775. The van der Waals surface area contributed by atoms with Crippen molar-refractivity contribution in [3.63, 3.8) is 0 Å². The third-order valence-corrected chi connectivity index (χ3v) is 3.63. The first-order chi connectivity index (χ1) is 9.36. The van der Waals surface area contributed by atoms with E-state index >= 15 is 0 Å². The van der Waals surface area contributed by atoms with Crippen LogP contribution in [-0.4, -0.2) is 19.0 Å². The van der Waals surface area contributed by atoms with E-state index in [-0.39, 0.29) is 18.3 Å². The molecule has 0 spiro atoms. The van der Waals surface area contributed by atoms with Crippen LogP contribution in [0.3, 0.4) is 0 Å². The van der Waals surface area contributed by atoms with Gasteiger partial charge in [-0.05, 0) is 18.4 Å². The lowest BCUT2D eigenvalue weighted by Gasteiger charge is -2.19. The molecule has 0 amide bonds. The molecule has 0 bridgehead atoms. The number of rotatable bonds is 6. The van der Waals surface area contributed by atoms with Crippen LogP contribution in [0.2, 0.25) is 0 Å². The van der Waals surface area contributed by atoms with Crippen LogP contribution in [0.5, 0.6) is 0 Å². The fourth-order valence-corrected chi connectivity index (χ4v) is 2.52. The Bertz CT molecular complexity index is 403. The molecule has 1 aliphatic carbocycles. The summed E-state index contributed by atoms with van der Waals surface area (Å²) in [7, 11) is 0. The molecule has 2 heteroatoms. The Morgan fingerprint density at radius 3 is 2.63 bits per heavy atom. The second-order valence-corrected chi connectivity index (χ2v) is 5.13. The van der Waals surface area contributed by atoms with Gasteiger partial charge in [-0.1, -0.05) is 61.7 Å². The first kappa shape index (κ1) is 14.0. The van der Waals surface area contributed by atoms with E-state index in [4.69, 9.17) is 4.74 Å². The Morgan fingerprint density at radius 1 is 1.16 bits per heavy atom. The maximum Gasteiger partial charge on any atom is 0.161 e. The first-order valence-electron chi connectivity index (χ1n) is 7.18. The highest BCUT2D eigenvalue weighted by Gasteiger charge is 2.20. The Hall–Kier alpha value is -1.41. The lowest BCUT2D eigenvalue weighted by Crippen LogP contribution is -2.22. The van der Waals surface area contributed by atoms with Crippen molar-refractivity contribution in [2.24, 2.45) is 5.92 Å². The summed E-state index contributed by atoms with van der Waals surface area (Å²) in [5.74, 6) is 0.541. The normalized spacial score (nSPS) is 16.8. The van der Waals surface area contributed by atoms with Crippen LogP contribution < -0.4 is 0 Å². The molecule has 0 radical (unpaired) electrons. The third kappa shape index (κ3) is 4.99. The van der Waals surface area contributed by atoms with Crippen LogP contribution in [-0.2, 0) is 9.53 Å². The number of hydrogen-bond donors (Lipinski definition) is 0. The molecule has 0 aromatic heterocycles. The Balaban J connectivity index is 1.63. The van der Waals surface area contributed by atoms with Crippen LogP contribution in [0.4, 0.5) is 0 Å². The van der Waals surface area contributed by atoms with Crippen molar-refractivity contribution < 1.29 is 9.53 Å². The van der Waals surface area contributed by atoms with E-state index in [0.29, 0.717) is 6.61 Å². The van der Waals surface area contributed by atoms with Gasteiger partial charge in [0.25, 0.3) is 0 Å². The summed E-state index contributed by atoms with van der Waals surface area (Å²) >= 11 is 0. The molecule has 1 aromatic carbocycles. The lowest BCUT2D eigenvalue weighted by atomic mass is 9.86. The van der Waals surface area contributed by atoms with Crippen LogP contribution in [0.25, 0.3) is 6.08 Å². The van der Waals surface area contributed by atoms with Gasteiger partial charge in [-0.15, -0.1) is 0 Å². The smallest absolute Gasteiger partial charge is 0.161 e. The predicted molar refractivity (Wildman–Crippen MR) is 77.9 cm³/mol. The minimum absolute atomic E-state index is 0.256. The topological polar surface area (TPSA) is 26.3 Å². The lowest BCUT2D eigenvalue weighted by molar-refractivity contribution is -0.128. The highest BCUT2D eigenvalue weighted by atomic mass is 16.5. The summed E-state index contributed by atoms with van der Waals surface area (Å²) in [6, 6.07) is 10.1. The van der Waals surface area contributed by atoms with Gasteiger partial charge in [0.1, 0.15) is 6.61 Å². The third-order valence-electron chi connectivity index (χ3n) is 3.63. The highest BCUT2D eigenvalue weighted by Crippen LogP contribution is 2.24. The second kappa shape index (κ2) is 7.90. The molecule has 0 aliphatic heterocycles. The van der Waals surface area contributed by atoms with E-state index in [1.165, 1.54) is 19.3 Å². The van der Waals surface area contributed by atoms with Crippen molar-refractivity contribution in [2.75, 3.05) is 13.2 Å². The number of carbonyl (C=O) groups excluding carboxylic acids is 1. The largest absolute Gasteiger partial charge is 0.370 e. The molecule has 1 aromatic rings. The molecule has 1 saturated carbocycles. The summed E-state index contributed by atoms with van der Waals surface area (Å²) < 4.78 is 5.43. The molecular weight excluding hydrogens is 236 g/mol. The average molecular weight is 258 g/mol. The summed E-state index contributed by atoms with van der Waals surface area (Å²) in [5.41, 5.74) is 1.16. The second-order valence-electron chi connectivity index (χ2n) is 5.13. The Kier molecular flexibility index (Phi) is 5.83. The van der Waals surface area contributed by atoms with Gasteiger partial charge in [0, 0.05) is 5.92 Å². The molecule has 1 fully saturated rings. The van der Waals surface area contributed by atoms with Crippen molar-refractivity contribution in [3.8, 4) is 0 Å². The molecule has 1 aliphatic rings.